The summed E-state index contributed by atoms with van der Waals surface area (Å²) < 4.78 is 14.1. The van der Waals surface area contributed by atoms with Gasteiger partial charge in [-0.2, -0.15) is 0 Å². The zero-order valence-corrected chi connectivity index (χ0v) is 10.9. The number of carbonyl (C=O) groups excluding carboxylic acids is 1. The molecule has 0 bridgehead atoms. The number of rotatable bonds is 2. The molecule has 86 valence electrons. The van der Waals surface area contributed by atoms with Crippen LogP contribution in [0.2, 0.25) is 5.02 Å². The van der Waals surface area contributed by atoms with E-state index in [1.165, 1.54) is 12.1 Å². The van der Waals surface area contributed by atoms with Crippen molar-refractivity contribution in [1.29, 1.82) is 0 Å². The van der Waals surface area contributed by atoms with E-state index in [-0.39, 0.29) is 11.3 Å². The van der Waals surface area contributed by atoms with Crippen LogP contribution in [0.1, 0.15) is 15.9 Å². The lowest BCUT2D eigenvalue weighted by Crippen LogP contribution is -2.03. The van der Waals surface area contributed by atoms with Crippen molar-refractivity contribution in [3.8, 4) is 0 Å². The SMILES string of the molecule is O=C(c1ccc(Cl)c(Br)c1)c1ccccc1F. The molecule has 0 aliphatic heterocycles. The molecule has 17 heavy (non-hydrogen) atoms. The van der Waals surface area contributed by atoms with Crippen LogP contribution >= 0.6 is 27.5 Å². The van der Waals surface area contributed by atoms with Gasteiger partial charge in [-0.3, -0.25) is 4.79 Å². The standard InChI is InChI=1S/C13H7BrClFO/c14-10-7-8(5-6-11(10)15)13(17)9-3-1-2-4-12(9)16/h1-7H. The van der Waals surface area contributed by atoms with E-state index in [0.717, 1.165) is 0 Å². The third-order valence-electron chi connectivity index (χ3n) is 2.30. The highest BCUT2D eigenvalue weighted by Crippen LogP contribution is 2.24. The lowest BCUT2D eigenvalue weighted by molar-refractivity contribution is 0.103. The average molecular weight is 314 g/mol. The molecule has 0 saturated heterocycles. The van der Waals surface area contributed by atoms with E-state index in [1.807, 2.05) is 0 Å². The molecular weight excluding hydrogens is 306 g/mol. The van der Waals surface area contributed by atoms with E-state index in [4.69, 9.17) is 11.6 Å². The van der Waals surface area contributed by atoms with Crippen LogP contribution in [0, 0.1) is 5.82 Å². The second kappa shape index (κ2) is 4.98. The fraction of sp³-hybridized carbons (Fsp3) is 0. The van der Waals surface area contributed by atoms with Gasteiger partial charge in [-0.25, -0.2) is 4.39 Å². The number of ketones is 1. The Balaban J connectivity index is 2.44. The monoisotopic (exact) mass is 312 g/mol. The maximum Gasteiger partial charge on any atom is 0.196 e. The quantitative estimate of drug-likeness (QED) is 0.748. The Hall–Kier alpha value is -1.19. The van der Waals surface area contributed by atoms with Gasteiger partial charge < -0.3 is 0 Å². The minimum absolute atomic E-state index is 0.0572. The third kappa shape index (κ3) is 2.56. The number of halogens is 3. The van der Waals surface area contributed by atoms with Crippen molar-refractivity contribution >= 4 is 33.3 Å². The van der Waals surface area contributed by atoms with E-state index in [9.17, 15) is 9.18 Å². The van der Waals surface area contributed by atoms with Gasteiger partial charge in [0.15, 0.2) is 5.78 Å². The highest BCUT2D eigenvalue weighted by Gasteiger charge is 2.14. The summed E-state index contributed by atoms with van der Waals surface area (Å²) >= 11 is 9.06. The van der Waals surface area contributed by atoms with E-state index in [1.54, 1.807) is 30.3 Å². The molecule has 2 aromatic carbocycles. The second-order valence-electron chi connectivity index (χ2n) is 3.44. The van der Waals surface area contributed by atoms with Gasteiger partial charge in [0.05, 0.1) is 10.6 Å². The lowest BCUT2D eigenvalue weighted by Gasteiger charge is -2.04. The molecule has 4 heteroatoms. The van der Waals surface area contributed by atoms with Crippen LogP contribution in [0.25, 0.3) is 0 Å². The van der Waals surface area contributed by atoms with Gasteiger partial charge in [-0.05, 0) is 46.3 Å². The van der Waals surface area contributed by atoms with Crippen LogP contribution in [0.4, 0.5) is 4.39 Å². The van der Waals surface area contributed by atoms with Crippen LogP contribution < -0.4 is 0 Å². The van der Waals surface area contributed by atoms with Gasteiger partial charge in [0, 0.05) is 10.0 Å². The number of carbonyl (C=O) groups is 1. The first-order valence-electron chi connectivity index (χ1n) is 4.84. The molecule has 0 fully saturated rings. The predicted molar refractivity (Wildman–Crippen MR) is 69.0 cm³/mol. The Labute approximate surface area is 111 Å². The molecule has 0 radical (unpaired) electrons. The number of hydrogen-bond donors (Lipinski definition) is 0. The molecule has 0 unspecified atom stereocenters. The lowest BCUT2D eigenvalue weighted by atomic mass is 10.0. The summed E-state index contributed by atoms with van der Waals surface area (Å²) in [4.78, 5) is 12.0. The van der Waals surface area contributed by atoms with Gasteiger partial charge in [-0.15, -0.1) is 0 Å². The molecule has 0 spiro atoms. The molecule has 0 aliphatic rings. The normalized spacial score (nSPS) is 10.3. The van der Waals surface area contributed by atoms with Gasteiger partial charge >= 0.3 is 0 Å². The highest BCUT2D eigenvalue weighted by molar-refractivity contribution is 9.10. The van der Waals surface area contributed by atoms with Crippen molar-refractivity contribution < 1.29 is 9.18 Å². The minimum atomic E-state index is -0.524. The Morgan fingerprint density at radius 2 is 1.88 bits per heavy atom. The Morgan fingerprint density at radius 1 is 1.18 bits per heavy atom. The summed E-state index contributed by atoms with van der Waals surface area (Å²) in [6, 6.07) is 10.6. The Bertz CT molecular complexity index is 583. The number of benzene rings is 2. The summed E-state index contributed by atoms with van der Waals surface area (Å²) in [6.07, 6.45) is 0. The van der Waals surface area contributed by atoms with Crippen molar-refractivity contribution in [1.82, 2.24) is 0 Å². The van der Waals surface area contributed by atoms with E-state index < -0.39 is 5.82 Å². The molecule has 0 atom stereocenters. The predicted octanol–water partition coefficient (Wildman–Crippen LogP) is 4.47. The molecule has 0 aromatic heterocycles. The zero-order chi connectivity index (χ0) is 12.4. The van der Waals surface area contributed by atoms with E-state index in [2.05, 4.69) is 15.9 Å². The molecule has 0 amide bonds. The largest absolute Gasteiger partial charge is 0.288 e. The van der Waals surface area contributed by atoms with Crippen molar-refractivity contribution in [3.63, 3.8) is 0 Å². The summed E-state index contributed by atoms with van der Waals surface area (Å²) in [6.45, 7) is 0. The summed E-state index contributed by atoms with van der Waals surface area (Å²) in [7, 11) is 0. The zero-order valence-electron chi connectivity index (χ0n) is 8.58. The molecular formula is C13H7BrClFO. The van der Waals surface area contributed by atoms with E-state index in [0.29, 0.717) is 15.1 Å². The fourth-order valence-corrected chi connectivity index (χ4v) is 1.93. The maximum absolute atomic E-state index is 13.4. The summed E-state index contributed by atoms with van der Waals surface area (Å²) in [5.74, 6) is -0.885. The molecule has 0 N–H and O–H groups in total. The van der Waals surface area contributed by atoms with Crippen molar-refractivity contribution in [2.75, 3.05) is 0 Å². The average Bonchev–Trinajstić information content (AvgIpc) is 2.32. The van der Waals surface area contributed by atoms with Crippen LogP contribution in [-0.4, -0.2) is 5.78 Å². The topological polar surface area (TPSA) is 17.1 Å². The van der Waals surface area contributed by atoms with Crippen LogP contribution in [-0.2, 0) is 0 Å². The van der Waals surface area contributed by atoms with Crippen molar-refractivity contribution in [2.24, 2.45) is 0 Å². The molecule has 0 heterocycles. The van der Waals surface area contributed by atoms with Gasteiger partial charge in [0.2, 0.25) is 0 Å². The second-order valence-corrected chi connectivity index (χ2v) is 4.70. The van der Waals surface area contributed by atoms with Crippen LogP contribution in [0.5, 0.6) is 0 Å². The Kier molecular flexibility index (Phi) is 3.60. The summed E-state index contributed by atoms with van der Waals surface area (Å²) in [5.41, 5.74) is 0.452. The molecule has 2 rings (SSSR count). The van der Waals surface area contributed by atoms with Gasteiger partial charge in [-0.1, -0.05) is 23.7 Å². The van der Waals surface area contributed by atoms with Gasteiger partial charge in [0.25, 0.3) is 0 Å². The first kappa shape index (κ1) is 12.3. The smallest absolute Gasteiger partial charge is 0.196 e. The first-order valence-corrected chi connectivity index (χ1v) is 6.01. The van der Waals surface area contributed by atoms with Crippen LogP contribution in [0.3, 0.4) is 0 Å². The van der Waals surface area contributed by atoms with Crippen molar-refractivity contribution in [3.05, 3.63) is 68.9 Å². The van der Waals surface area contributed by atoms with Gasteiger partial charge in [0.1, 0.15) is 5.82 Å². The first-order chi connectivity index (χ1) is 8.09. The van der Waals surface area contributed by atoms with Crippen molar-refractivity contribution in [2.45, 2.75) is 0 Å². The van der Waals surface area contributed by atoms with E-state index >= 15 is 0 Å². The maximum atomic E-state index is 13.4. The number of hydrogen-bond acceptors (Lipinski definition) is 1. The van der Waals surface area contributed by atoms with Crippen LogP contribution in [0.15, 0.2) is 46.9 Å². The minimum Gasteiger partial charge on any atom is -0.288 e. The summed E-state index contributed by atoms with van der Waals surface area (Å²) in [5, 5.41) is 0.509. The molecule has 0 aliphatic carbocycles. The Morgan fingerprint density at radius 3 is 2.53 bits per heavy atom. The third-order valence-corrected chi connectivity index (χ3v) is 3.51. The fourth-order valence-electron chi connectivity index (χ4n) is 1.44. The molecule has 0 saturated carbocycles. The molecule has 2 aromatic rings. The molecule has 1 nitrogen and oxygen atoms in total. The highest BCUT2D eigenvalue weighted by atomic mass is 79.9.